The third-order valence-corrected chi connectivity index (χ3v) is 4.16. The lowest BCUT2D eigenvalue weighted by Crippen LogP contribution is -2.31. The van der Waals surface area contributed by atoms with Crippen LogP contribution in [0.4, 0.5) is 0 Å². The van der Waals surface area contributed by atoms with Crippen molar-refractivity contribution in [3.8, 4) is 0 Å². The van der Waals surface area contributed by atoms with Crippen LogP contribution >= 0.6 is 0 Å². The third-order valence-electron chi connectivity index (χ3n) is 4.16. The number of benzene rings is 1. The molecule has 1 fully saturated rings. The van der Waals surface area contributed by atoms with Crippen LogP contribution in [0.2, 0.25) is 0 Å². The largest absolute Gasteiger partial charge is 0.481 e. The summed E-state index contributed by atoms with van der Waals surface area (Å²) in [5, 5.41) is 21.2. The van der Waals surface area contributed by atoms with Gasteiger partial charge in [-0.25, -0.2) is 4.68 Å². The van der Waals surface area contributed by atoms with Crippen molar-refractivity contribution in [3.05, 3.63) is 41.7 Å². The summed E-state index contributed by atoms with van der Waals surface area (Å²) in [5.41, 5.74) is 0.130. The number of hydrogen-bond acceptors (Lipinski definition) is 4. The van der Waals surface area contributed by atoms with Crippen LogP contribution in [-0.2, 0) is 16.8 Å². The molecule has 2 aromatic rings. The maximum Gasteiger partial charge on any atom is 0.310 e. The summed E-state index contributed by atoms with van der Waals surface area (Å²) in [6.07, 6.45) is 1.98. The molecule has 0 aliphatic heterocycles. The first-order valence-electron chi connectivity index (χ1n) is 7.01. The van der Waals surface area contributed by atoms with Crippen LogP contribution < -0.4 is 0 Å². The van der Waals surface area contributed by atoms with Crippen LogP contribution in [-0.4, -0.2) is 31.3 Å². The van der Waals surface area contributed by atoms with Gasteiger partial charge in [0.25, 0.3) is 0 Å². The van der Waals surface area contributed by atoms with Crippen molar-refractivity contribution in [2.45, 2.75) is 38.6 Å². The van der Waals surface area contributed by atoms with Crippen LogP contribution in [0.25, 0.3) is 0 Å². The summed E-state index contributed by atoms with van der Waals surface area (Å²) in [6.45, 7) is 3.63. The highest BCUT2D eigenvalue weighted by molar-refractivity contribution is 5.73. The van der Waals surface area contributed by atoms with Gasteiger partial charge in [0, 0.05) is 0 Å². The van der Waals surface area contributed by atoms with Gasteiger partial charge in [-0.05, 0) is 42.7 Å². The molecule has 1 aromatic carbocycles. The van der Waals surface area contributed by atoms with Crippen molar-refractivity contribution in [3.63, 3.8) is 0 Å². The summed E-state index contributed by atoms with van der Waals surface area (Å²) >= 11 is 0. The topological polar surface area (TPSA) is 80.9 Å². The molecule has 0 spiro atoms. The Bertz CT molecular complexity index is 659. The first-order chi connectivity index (χ1) is 9.96. The SMILES string of the molecule is CC(C)(Cn1nnnc1C1(c2ccccc2)CC1)C(=O)O. The van der Waals surface area contributed by atoms with E-state index in [1.165, 1.54) is 5.56 Å². The Balaban J connectivity index is 1.95. The van der Waals surface area contributed by atoms with Gasteiger partial charge in [0.1, 0.15) is 0 Å². The molecule has 21 heavy (non-hydrogen) atoms. The predicted molar refractivity (Wildman–Crippen MR) is 75.7 cm³/mol. The van der Waals surface area contributed by atoms with Crippen molar-refractivity contribution >= 4 is 5.97 Å². The Morgan fingerprint density at radius 2 is 2.00 bits per heavy atom. The second-order valence-corrected chi connectivity index (χ2v) is 6.30. The highest BCUT2D eigenvalue weighted by atomic mass is 16.4. The maximum absolute atomic E-state index is 11.3. The van der Waals surface area contributed by atoms with E-state index < -0.39 is 11.4 Å². The summed E-state index contributed by atoms with van der Waals surface area (Å²) in [4.78, 5) is 11.3. The molecule has 1 heterocycles. The molecule has 0 atom stereocenters. The van der Waals surface area contributed by atoms with Crippen molar-refractivity contribution in [1.29, 1.82) is 0 Å². The molecule has 0 bridgehead atoms. The minimum atomic E-state index is -0.906. The number of tetrazole rings is 1. The molecule has 0 radical (unpaired) electrons. The maximum atomic E-state index is 11.3. The summed E-state index contributed by atoms with van der Waals surface area (Å²) < 4.78 is 1.65. The first kappa shape index (κ1) is 13.7. The van der Waals surface area contributed by atoms with Gasteiger partial charge in [-0.3, -0.25) is 4.79 Å². The lowest BCUT2D eigenvalue weighted by Gasteiger charge is -2.21. The molecule has 110 valence electrons. The smallest absolute Gasteiger partial charge is 0.310 e. The quantitative estimate of drug-likeness (QED) is 0.907. The molecule has 1 saturated carbocycles. The number of carboxylic acid groups (broad SMARTS) is 1. The van der Waals surface area contributed by atoms with Crippen molar-refractivity contribution in [2.75, 3.05) is 0 Å². The highest BCUT2D eigenvalue weighted by Crippen LogP contribution is 2.52. The number of hydrogen-bond donors (Lipinski definition) is 1. The van der Waals surface area contributed by atoms with Gasteiger partial charge in [0.15, 0.2) is 5.82 Å². The monoisotopic (exact) mass is 286 g/mol. The fourth-order valence-corrected chi connectivity index (χ4v) is 2.62. The van der Waals surface area contributed by atoms with E-state index in [1.807, 2.05) is 18.2 Å². The minimum absolute atomic E-state index is 0.153. The Labute approximate surface area is 122 Å². The number of carbonyl (C=O) groups is 1. The molecule has 6 heteroatoms. The third kappa shape index (κ3) is 2.30. The molecular formula is C15H18N4O2. The van der Waals surface area contributed by atoms with Crippen LogP contribution in [0.3, 0.4) is 0 Å². The Hall–Kier alpha value is -2.24. The van der Waals surface area contributed by atoms with Crippen LogP contribution in [0.5, 0.6) is 0 Å². The van der Waals surface area contributed by atoms with Crippen molar-refractivity contribution in [1.82, 2.24) is 20.2 Å². The van der Waals surface area contributed by atoms with Crippen LogP contribution in [0.15, 0.2) is 30.3 Å². The van der Waals surface area contributed by atoms with Crippen molar-refractivity contribution < 1.29 is 9.90 Å². The van der Waals surface area contributed by atoms with E-state index in [2.05, 4.69) is 27.7 Å². The first-order valence-corrected chi connectivity index (χ1v) is 7.01. The number of aliphatic carboxylic acids is 1. The van der Waals surface area contributed by atoms with E-state index >= 15 is 0 Å². The highest BCUT2D eigenvalue weighted by Gasteiger charge is 2.50. The lowest BCUT2D eigenvalue weighted by atomic mass is 9.92. The Morgan fingerprint density at radius 1 is 1.33 bits per heavy atom. The average molecular weight is 286 g/mol. The van der Waals surface area contributed by atoms with Gasteiger partial charge >= 0.3 is 5.97 Å². The van der Waals surface area contributed by atoms with E-state index in [0.717, 1.165) is 18.7 Å². The summed E-state index contributed by atoms with van der Waals surface area (Å²) in [7, 11) is 0. The summed E-state index contributed by atoms with van der Waals surface area (Å²) in [5.74, 6) is -0.0865. The van der Waals surface area contributed by atoms with Gasteiger partial charge in [-0.2, -0.15) is 0 Å². The fraction of sp³-hybridized carbons (Fsp3) is 0.467. The van der Waals surface area contributed by atoms with E-state index in [4.69, 9.17) is 0 Å². The molecule has 0 amide bonds. The minimum Gasteiger partial charge on any atom is -0.481 e. The molecule has 1 aromatic heterocycles. The predicted octanol–water partition coefficient (Wildman–Crippen LogP) is 1.86. The second-order valence-electron chi connectivity index (χ2n) is 6.30. The second kappa shape index (κ2) is 4.65. The number of aromatic nitrogens is 4. The zero-order valence-electron chi connectivity index (χ0n) is 12.2. The molecule has 0 saturated heterocycles. The molecule has 0 unspecified atom stereocenters. The standard InChI is InChI=1S/C15H18N4O2/c1-14(2,13(20)21)10-19-12(16-17-18-19)15(8-9-15)11-6-4-3-5-7-11/h3-7H,8-10H2,1-2H3,(H,20,21). The normalized spacial score (nSPS) is 16.7. The van der Waals surface area contributed by atoms with E-state index in [1.54, 1.807) is 18.5 Å². The number of nitrogens with zero attached hydrogens (tertiary/aromatic N) is 4. The zero-order chi connectivity index (χ0) is 15.1. The Kier molecular flexibility index (Phi) is 3.04. The molecular weight excluding hydrogens is 268 g/mol. The van der Waals surface area contributed by atoms with Gasteiger partial charge in [0.05, 0.1) is 17.4 Å². The van der Waals surface area contributed by atoms with Gasteiger partial charge in [-0.15, -0.1) is 5.10 Å². The summed E-state index contributed by atoms with van der Waals surface area (Å²) in [6, 6.07) is 10.1. The lowest BCUT2D eigenvalue weighted by molar-refractivity contribution is -0.147. The van der Waals surface area contributed by atoms with E-state index in [0.29, 0.717) is 0 Å². The average Bonchev–Trinajstić information content (AvgIpc) is 3.14. The Morgan fingerprint density at radius 3 is 2.57 bits per heavy atom. The number of rotatable bonds is 5. The van der Waals surface area contributed by atoms with Crippen LogP contribution in [0, 0.1) is 5.41 Å². The zero-order valence-corrected chi connectivity index (χ0v) is 12.2. The van der Waals surface area contributed by atoms with Gasteiger partial charge < -0.3 is 5.11 Å². The molecule has 3 rings (SSSR count). The fourth-order valence-electron chi connectivity index (χ4n) is 2.62. The van der Waals surface area contributed by atoms with Gasteiger partial charge in [-0.1, -0.05) is 30.3 Å². The number of carboxylic acids is 1. The van der Waals surface area contributed by atoms with E-state index in [-0.39, 0.29) is 12.0 Å². The molecule has 1 N–H and O–H groups in total. The molecule has 1 aliphatic carbocycles. The van der Waals surface area contributed by atoms with Crippen LogP contribution in [0.1, 0.15) is 38.1 Å². The van der Waals surface area contributed by atoms with E-state index in [9.17, 15) is 9.90 Å². The molecule has 6 nitrogen and oxygen atoms in total. The van der Waals surface area contributed by atoms with Gasteiger partial charge in [0.2, 0.25) is 0 Å². The van der Waals surface area contributed by atoms with Crippen molar-refractivity contribution in [2.24, 2.45) is 5.41 Å². The molecule has 1 aliphatic rings.